The summed E-state index contributed by atoms with van der Waals surface area (Å²) in [6.45, 7) is 3.88. The SMILES string of the molecule is CCNC(=NCc1ccc(OCCO)c(OC)c1)N(C)Cc1cccc(F)c1. The molecule has 0 atom stereocenters. The fraction of sp³-hybridized carbons (Fsp3) is 0.381. The van der Waals surface area contributed by atoms with Gasteiger partial charge in [-0.05, 0) is 42.3 Å². The molecule has 0 saturated carbocycles. The molecule has 0 heterocycles. The molecule has 2 aromatic carbocycles. The van der Waals surface area contributed by atoms with E-state index >= 15 is 0 Å². The number of aliphatic imine (C=N–C) groups is 1. The summed E-state index contributed by atoms with van der Waals surface area (Å²) in [5, 5.41) is 12.2. The molecule has 2 rings (SSSR count). The van der Waals surface area contributed by atoms with Crippen molar-refractivity contribution in [1.29, 1.82) is 0 Å². The van der Waals surface area contributed by atoms with Crippen molar-refractivity contribution in [2.45, 2.75) is 20.0 Å². The quantitative estimate of drug-likeness (QED) is 0.510. The van der Waals surface area contributed by atoms with Crippen molar-refractivity contribution in [2.75, 3.05) is 33.9 Å². The van der Waals surface area contributed by atoms with Crippen LogP contribution in [-0.4, -0.2) is 49.9 Å². The van der Waals surface area contributed by atoms with Gasteiger partial charge >= 0.3 is 0 Å². The Morgan fingerprint density at radius 1 is 1.18 bits per heavy atom. The van der Waals surface area contributed by atoms with E-state index in [9.17, 15) is 4.39 Å². The molecule has 0 saturated heterocycles. The lowest BCUT2D eigenvalue weighted by atomic mass is 10.2. The molecule has 0 unspecified atom stereocenters. The van der Waals surface area contributed by atoms with E-state index in [0.717, 1.165) is 23.6 Å². The maximum Gasteiger partial charge on any atom is 0.194 e. The van der Waals surface area contributed by atoms with Crippen LogP contribution in [0.2, 0.25) is 0 Å². The van der Waals surface area contributed by atoms with Gasteiger partial charge in [0.2, 0.25) is 0 Å². The van der Waals surface area contributed by atoms with E-state index < -0.39 is 0 Å². The molecule has 0 spiro atoms. The highest BCUT2D eigenvalue weighted by Gasteiger charge is 2.09. The predicted octanol–water partition coefficient (Wildman–Crippen LogP) is 2.80. The number of halogens is 1. The van der Waals surface area contributed by atoms with E-state index in [4.69, 9.17) is 14.6 Å². The molecule has 6 nitrogen and oxygen atoms in total. The summed E-state index contributed by atoms with van der Waals surface area (Å²) in [5.41, 5.74) is 1.84. The van der Waals surface area contributed by atoms with Gasteiger partial charge in [0.1, 0.15) is 12.4 Å². The molecule has 28 heavy (non-hydrogen) atoms. The van der Waals surface area contributed by atoms with Crippen molar-refractivity contribution in [3.05, 3.63) is 59.4 Å². The number of ether oxygens (including phenoxy) is 2. The molecule has 0 aliphatic rings. The van der Waals surface area contributed by atoms with E-state index in [1.165, 1.54) is 12.1 Å². The molecule has 0 bridgehead atoms. The van der Waals surface area contributed by atoms with Crippen molar-refractivity contribution in [2.24, 2.45) is 4.99 Å². The molecular formula is C21H28FN3O3. The molecule has 2 aromatic rings. The largest absolute Gasteiger partial charge is 0.493 e. The van der Waals surface area contributed by atoms with Gasteiger partial charge in [-0.25, -0.2) is 9.38 Å². The highest BCUT2D eigenvalue weighted by atomic mass is 19.1. The van der Waals surface area contributed by atoms with E-state index in [-0.39, 0.29) is 19.0 Å². The average Bonchev–Trinajstić information content (AvgIpc) is 2.69. The van der Waals surface area contributed by atoms with Crippen LogP contribution in [0.3, 0.4) is 0 Å². The third-order valence-corrected chi connectivity index (χ3v) is 3.99. The number of hydrogen-bond donors (Lipinski definition) is 2. The van der Waals surface area contributed by atoms with E-state index in [1.807, 2.05) is 43.1 Å². The molecule has 0 radical (unpaired) electrons. The zero-order valence-corrected chi connectivity index (χ0v) is 16.6. The Morgan fingerprint density at radius 2 is 2.00 bits per heavy atom. The first-order valence-corrected chi connectivity index (χ1v) is 9.21. The standard InChI is InChI=1S/C21H28FN3O3/c1-4-23-21(25(2)15-17-6-5-7-18(22)12-17)24-14-16-8-9-19(28-11-10-26)20(13-16)27-3/h5-9,12-13,26H,4,10-11,14-15H2,1-3H3,(H,23,24). The molecule has 7 heteroatoms. The van der Waals surface area contributed by atoms with Crippen LogP contribution in [0.15, 0.2) is 47.5 Å². The molecule has 0 fully saturated rings. The van der Waals surface area contributed by atoms with Crippen LogP contribution in [0.4, 0.5) is 4.39 Å². The summed E-state index contributed by atoms with van der Waals surface area (Å²) < 4.78 is 24.2. The fourth-order valence-corrected chi connectivity index (χ4v) is 2.71. The van der Waals surface area contributed by atoms with Crippen molar-refractivity contribution in [1.82, 2.24) is 10.2 Å². The second-order valence-electron chi connectivity index (χ2n) is 6.21. The number of aliphatic hydroxyl groups is 1. The van der Waals surface area contributed by atoms with Crippen LogP contribution in [0.5, 0.6) is 11.5 Å². The van der Waals surface area contributed by atoms with Crippen LogP contribution < -0.4 is 14.8 Å². The number of nitrogens with one attached hydrogen (secondary N) is 1. The fourth-order valence-electron chi connectivity index (χ4n) is 2.71. The van der Waals surface area contributed by atoms with Gasteiger partial charge < -0.3 is 24.8 Å². The predicted molar refractivity (Wildman–Crippen MR) is 108 cm³/mol. The van der Waals surface area contributed by atoms with Crippen LogP contribution >= 0.6 is 0 Å². The lowest BCUT2D eigenvalue weighted by molar-refractivity contribution is 0.196. The minimum Gasteiger partial charge on any atom is -0.493 e. The molecular weight excluding hydrogens is 361 g/mol. The van der Waals surface area contributed by atoms with Crippen molar-refractivity contribution in [3.63, 3.8) is 0 Å². The summed E-state index contributed by atoms with van der Waals surface area (Å²) in [4.78, 5) is 6.62. The Hall–Kier alpha value is -2.80. The summed E-state index contributed by atoms with van der Waals surface area (Å²) in [6.07, 6.45) is 0. The van der Waals surface area contributed by atoms with Crippen molar-refractivity contribution in [3.8, 4) is 11.5 Å². The summed E-state index contributed by atoms with van der Waals surface area (Å²) in [7, 11) is 3.49. The third kappa shape index (κ3) is 6.42. The smallest absolute Gasteiger partial charge is 0.194 e. The summed E-state index contributed by atoms with van der Waals surface area (Å²) in [6, 6.07) is 12.1. The highest BCUT2D eigenvalue weighted by Crippen LogP contribution is 2.28. The van der Waals surface area contributed by atoms with Gasteiger partial charge in [0.25, 0.3) is 0 Å². The van der Waals surface area contributed by atoms with E-state index in [1.54, 1.807) is 13.2 Å². The molecule has 0 aromatic heterocycles. The zero-order chi connectivity index (χ0) is 20.4. The zero-order valence-electron chi connectivity index (χ0n) is 16.6. The first kappa shape index (κ1) is 21.5. The summed E-state index contributed by atoms with van der Waals surface area (Å²) >= 11 is 0. The maximum absolute atomic E-state index is 13.4. The Morgan fingerprint density at radius 3 is 2.68 bits per heavy atom. The number of nitrogens with zero attached hydrogens (tertiary/aromatic N) is 2. The molecule has 0 aliphatic heterocycles. The van der Waals surface area contributed by atoms with E-state index in [2.05, 4.69) is 10.3 Å². The maximum atomic E-state index is 13.4. The monoisotopic (exact) mass is 389 g/mol. The number of aliphatic hydroxyl groups excluding tert-OH is 1. The topological polar surface area (TPSA) is 66.3 Å². The Balaban J connectivity index is 2.10. The highest BCUT2D eigenvalue weighted by molar-refractivity contribution is 5.79. The number of rotatable bonds is 9. The number of benzene rings is 2. The first-order chi connectivity index (χ1) is 13.6. The second-order valence-corrected chi connectivity index (χ2v) is 6.21. The van der Waals surface area contributed by atoms with Crippen LogP contribution in [0.25, 0.3) is 0 Å². The van der Waals surface area contributed by atoms with Crippen LogP contribution in [0.1, 0.15) is 18.1 Å². The van der Waals surface area contributed by atoms with Gasteiger partial charge in [-0.1, -0.05) is 18.2 Å². The van der Waals surface area contributed by atoms with Crippen molar-refractivity contribution < 1.29 is 19.0 Å². The normalized spacial score (nSPS) is 11.2. The van der Waals surface area contributed by atoms with Gasteiger partial charge in [-0.2, -0.15) is 0 Å². The molecule has 2 N–H and O–H groups in total. The van der Waals surface area contributed by atoms with Gasteiger partial charge in [-0.15, -0.1) is 0 Å². The third-order valence-electron chi connectivity index (χ3n) is 3.99. The van der Waals surface area contributed by atoms with Crippen LogP contribution in [-0.2, 0) is 13.1 Å². The van der Waals surface area contributed by atoms with Gasteiger partial charge in [0, 0.05) is 20.1 Å². The average molecular weight is 389 g/mol. The molecule has 0 amide bonds. The minimum absolute atomic E-state index is 0.0567. The number of guanidine groups is 1. The van der Waals surface area contributed by atoms with Gasteiger partial charge in [0.15, 0.2) is 17.5 Å². The number of methoxy groups -OCH3 is 1. The lowest BCUT2D eigenvalue weighted by Gasteiger charge is -2.22. The van der Waals surface area contributed by atoms with Gasteiger partial charge in [-0.3, -0.25) is 0 Å². The van der Waals surface area contributed by atoms with E-state index in [0.29, 0.717) is 24.6 Å². The Bertz CT molecular complexity index is 783. The molecule has 152 valence electrons. The Kier molecular flexibility index (Phi) is 8.55. The minimum atomic E-state index is -0.247. The van der Waals surface area contributed by atoms with Crippen molar-refractivity contribution >= 4 is 5.96 Å². The summed E-state index contributed by atoms with van der Waals surface area (Å²) in [5.74, 6) is 1.66. The second kappa shape index (κ2) is 11.1. The first-order valence-electron chi connectivity index (χ1n) is 9.21. The molecule has 0 aliphatic carbocycles. The number of hydrogen-bond acceptors (Lipinski definition) is 4. The lowest BCUT2D eigenvalue weighted by Crippen LogP contribution is -2.38. The van der Waals surface area contributed by atoms with Gasteiger partial charge in [0.05, 0.1) is 20.3 Å². The Labute approximate surface area is 165 Å². The van der Waals surface area contributed by atoms with Crippen LogP contribution in [0, 0.1) is 5.82 Å².